The third-order valence-corrected chi connectivity index (χ3v) is 9.29. The van der Waals surface area contributed by atoms with Crippen molar-refractivity contribution in [1.82, 2.24) is 0 Å². The second-order valence-corrected chi connectivity index (χ2v) is 11.6. The molecule has 0 spiro atoms. The van der Waals surface area contributed by atoms with E-state index in [2.05, 4.69) is 158 Å². The van der Waals surface area contributed by atoms with Gasteiger partial charge in [-0.2, -0.15) is 0 Å². The average molecular weight is 545 g/mol. The van der Waals surface area contributed by atoms with Gasteiger partial charge in [-0.25, -0.2) is 0 Å². The highest BCUT2D eigenvalue weighted by Gasteiger charge is 2.26. The summed E-state index contributed by atoms with van der Waals surface area (Å²) in [7, 11) is 0. The van der Waals surface area contributed by atoms with Crippen molar-refractivity contribution in [2.24, 2.45) is 0 Å². The van der Waals surface area contributed by atoms with Crippen molar-refractivity contribution in [2.45, 2.75) is 6.42 Å². The van der Waals surface area contributed by atoms with Crippen molar-refractivity contribution in [2.75, 3.05) is 0 Å². The molecule has 8 aromatic carbocycles. The molecule has 0 unspecified atom stereocenters. The van der Waals surface area contributed by atoms with Gasteiger partial charge in [0.1, 0.15) is 0 Å². The minimum atomic E-state index is 0.955. The first-order chi connectivity index (χ1) is 21.3. The molecule has 0 aliphatic heterocycles. The van der Waals surface area contributed by atoms with Crippen LogP contribution in [0.15, 0.2) is 158 Å². The lowest BCUT2D eigenvalue weighted by Gasteiger charge is -2.21. The van der Waals surface area contributed by atoms with E-state index >= 15 is 0 Å². The highest BCUT2D eigenvalue weighted by atomic mass is 14.3. The highest BCUT2D eigenvalue weighted by molar-refractivity contribution is 6.24. The van der Waals surface area contributed by atoms with Crippen LogP contribution < -0.4 is 0 Å². The quantitative estimate of drug-likeness (QED) is 0.194. The van der Waals surface area contributed by atoms with Crippen LogP contribution in [0.1, 0.15) is 11.1 Å². The third-order valence-electron chi connectivity index (χ3n) is 9.29. The molecule has 0 saturated heterocycles. The summed E-state index contributed by atoms with van der Waals surface area (Å²) in [6, 6.07) is 58.1. The summed E-state index contributed by atoms with van der Waals surface area (Å²) < 4.78 is 0. The molecule has 8 aromatic rings. The fourth-order valence-electron chi connectivity index (χ4n) is 7.40. The van der Waals surface area contributed by atoms with Crippen molar-refractivity contribution in [3.8, 4) is 44.5 Å². The van der Waals surface area contributed by atoms with Crippen LogP contribution in [0.2, 0.25) is 0 Å². The van der Waals surface area contributed by atoms with E-state index in [4.69, 9.17) is 0 Å². The first kappa shape index (κ1) is 24.2. The Kier molecular flexibility index (Phi) is 5.36. The Morgan fingerprint density at radius 3 is 1.53 bits per heavy atom. The van der Waals surface area contributed by atoms with E-state index in [1.807, 2.05) is 0 Å². The fraction of sp³-hybridized carbons (Fsp3) is 0.0233. The predicted octanol–water partition coefficient (Wildman–Crippen LogP) is 11.7. The Hall–Kier alpha value is -5.46. The van der Waals surface area contributed by atoms with E-state index in [0.717, 1.165) is 6.42 Å². The SMILES string of the molecule is c1ccc(-c2ccc(-c3c4ccccc4c(-c4c5c(cc6ccccc46)-c4ccccc4C5)c4ccccc34)cc2)cc1. The first-order valence-electron chi connectivity index (χ1n) is 15.1. The monoisotopic (exact) mass is 544 g/mol. The van der Waals surface area contributed by atoms with E-state index in [1.165, 1.54) is 88.0 Å². The Morgan fingerprint density at radius 2 is 0.837 bits per heavy atom. The maximum Gasteiger partial charge on any atom is -0.000705 e. The normalized spacial score (nSPS) is 12.1. The Bertz CT molecular complexity index is 2280. The topological polar surface area (TPSA) is 0 Å². The first-order valence-corrected chi connectivity index (χ1v) is 15.1. The lowest BCUT2D eigenvalue weighted by molar-refractivity contribution is 1.27. The van der Waals surface area contributed by atoms with Gasteiger partial charge in [0, 0.05) is 0 Å². The molecular weight excluding hydrogens is 516 g/mol. The van der Waals surface area contributed by atoms with Crippen LogP contribution in [0.4, 0.5) is 0 Å². The van der Waals surface area contributed by atoms with E-state index in [-0.39, 0.29) is 0 Å². The number of hydrogen-bond acceptors (Lipinski definition) is 0. The van der Waals surface area contributed by atoms with Gasteiger partial charge in [0.2, 0.25) is 0 Å². The van der Waals surface area contributed by atoms with Crippen LogP contribution in [-0.4, -0.2) is 0 Å². The van der Waals surface area contributed by atoms with Gasteiger partial charge >= 0.3 is 0 Å². The molecule has 0 nitrogen and oxygen atoms in total. The Balaban J connectivity index is 1.37. The smallest absolute Gasteiger partial charge is 0.000705 e. The van der Waals surface area contributed by atoms with Gasteiger partial charge < -0.3 is 0 Å². The van der Waals surface area contributed by atoms with Crippen LogP contribution in [0.25, 0.3) is 76.8 Å². The van der Waals surface area contributed by atoms with E-state index < -0.39 is 0 Å². The fourth-order valence-corrected chi connectivity index (χ4v) is 7.40. The summed E-state index contributed by atoms with van der Waals surface area (Å²) >= 11 is 0. The summed E-state index contributed by atoms with van der Waals surface area (Å²) in [6.45, 7) is 0. The minimum Gasteiger partial charge on any atom is -0.0622 e. The van der Waals surface area contributed by atoms with Gasteiger partial charge in [0.25, 0.3) is 0 Å². The second kappa shape index (κ2) is 9.54. The minimum absolute atomic E-state index is 0.955. The van der Waals surface area contributed by atoms with Gasteiger partial charge in [-0.1, -0.05) is 152 Å². The molecule has 1 aliphatic carbocycles. The summed E-state index contributed by atoms with van der Waals surface area (Å²) in [4.78, 5) is 0. The molecule has 0 N–H and O–H groups in total. The van der Waals surface area contributed by atoms with Crippen molar-refractivity contribution >= 4 is 32.3 Å². The van der Waals surface area contributed by atoms with Crippen LogP contribution in [0.3, 0.4) is 0 Å². The summed E-state index contributed by atoms with van der Waals surface area (Å²) in [6.07, 6.45) is 0.955. The largest absolute Gasteiger partial charge is 0.0622 e. The number of hydrogen-bond donors (Lipinski definition) is 0. The summed E-state index contributed by atoms with van der Waals surface area (Å²) in [5, 5.41) is 7.81. The van der Waals surface area contributed by atoms with Gasteiger partial charge in [0.05, 0.1) is 0 Å². The maximum atomic E-state index is 2.41. The highest BCUT2D eigenvalue weighted by Crippen LogP contribution is 2.50. The van der Waals surface area contributed by atoms with E-state index in [9.17, 15) is 0 Å². The molecule has 200 valence electrons. The molecule has 0 fully saturated rings. The van der Waals surface area contributed by atoms with E-state index in [0.29, 0.717) is 0 Å². The van der Waals surface area contributed by atoms with Gasteiger partial charge in [-0.05, 0) is 100 Å². The lowest BCUT2D eigenvalue weighted by atomic mass is 9.82. The van der Waals surface area contributed by atoms with Crippen LogP contribution in [-0.2, 0) is 6.42 Å². The zero-order valence-corrected chi connectivity index (χ0v) is 23.7. The molecule has 0 heterocycles. The lowest BCUT2D eigenvalue weighted by Crippen LogP contribution is -1.95. The zero-order valence-electron chi connectivity index (χ0n) is 23.7. The molecular formula is C43H28. The van der Waals surface area contributed by atoms with Crippen molar-refractivity contribution in [1.29, 1.82) is 0 Å². The average Bonchev–Trinajstić information content (AvgIpc) is 3.45. The maximum absolute atomic E-state index is 2.41. The van der Waals surface area contributed by atoms with Crippen LogP contribution in [0, 0.1) is 0 Å². The van der Waals surface area contributed by atoms with Crippen molar-refractivity contribution in [3.63, 3.8) is 0 Å². The molecule has 0 heteroatoms. The molecule has 0 saturated carbocycles. The van der Waals surface area contributed by atoms with E-state index in [1.54, 1.807) is 0 Å². The molecule has 0 aromatic heterocycles. The predicted molar refractivity (Wildman–Crippen MR) is 184 cm³/mol. The van der Waals surface area contributed by atoms with Gasteiger partial charge in [0.15, 0.2) is 0 Å². The molecule has 43 heavy (non-hydrogen) atoms. The molecule has 1 aliphatic rings. The molecule has 9 rings (SSSR count). The third kappa shape index (κ3) is 3.70. The summed E-state index contributed by atoms with van der Waals surface area (Å²) in [5.41, 5.74) is 13.3. The zero-order chi connectivity index (χ0) is 28.3. The molecule has 0 radical (unpaired) electrons. The Morgan fingerprint density at radius 1 is 0.326 bits per heavy atom. The standard InChI is InChI=1S/C43H28/c1-2-12-28(13-3-1)29-22-24-30(25-23-29)41-35-18-8-10-20-37(35)43(38-21-11-9-19-36(38)41)42-34-17-7-5-15-32(34)26-39-33-16-6-4-14-31(33)27-40(39)42/h1-26H,27H2. The van der Waals surface area contributed by atoms with Gasteiger partial charge in [-0.3, -0.25) is 0 Å². The Labute approximate surface area is 251 Å². The summed E-state index contributed by atoms with van der Waals surface area (Å²) in [5.74, 6) is 0. The molecule has 0 atom stereocenters. The van der Waals surface area contributed by atoms with Crippen molar-refractivity contribution in [3.05, 3.63) is 169 Å². The van der Waals surface area contributed by atoms with Crippen LogP contribution in [0.5, 0.6) is 0 Å². The molecule has 0 bridgehead atoms. The van der Waals surface area contributed by atoms with Gasteiger partial charge in [-0.15, -0.1) is 0 Å². The van der Waals surface area contributed by atoms with Crippen molar-refractivity contribution < 1.29 is 0 Å². The number of rotatable bonds is 3. The second-order valence-electron chi connectivity index (χ2n) is 11.6. The number of benzene rings is 8. The number of fused-ring (bicyclic) bond motifs is 6. The molecule has 0 amide bonds. The van der Waals surface area contributed by atoms with Crippen LogP contribution >= 0.6 is 0 Å².